The molecular weight excluding hydrogens is 224 g/mol. The van der Waals surface area contributed by atoms with E-state index in [2.05, 4.69) is 0 Å². The highest BCUT2D eigenvalue weighted by atomic mass is 32.2. The van der Waals surface area contributed by atoms with E-state index in [1.807, 2.05) is 13.8 Å². The summed E-state index contributed by atoms with van der Waals surface area (Å²) < 4.78 is 25.5. The molecule has 0 bridgehead atoms. The molecule has 0 aliphatic carbocycles. The summed E-state index contributed by atoms with van der Waals surface area (Å²) in [7, 11) is -1.82. The Morgan fingerprint density at radius 1 is 1.38 bits per heavy atom. The molecule has 0 amide bonds. The van der Waals surface area contributed by atoms with Crippen LogP contribution >= 0.6 is 0 Å². The third-order valence-electron chi connectivity index (χ3n) is 2.19. The predicted molar refractivity (Wildman–Crippen MR) is 65.5 cm³/mol. The van der Waals surface area contributed by atoms with Crippen LogP contribution in [-0.4, -0.2) is 26.3 Å². The summed E-state index contributed by atoms with van der Waals surface area (Å²) in [6.07, 6.45) is 0. The summed E-state index contributed by atoms with van der Waals surface area (Å²) in [5.74, 6) is 0.292. The van der Waals surface area contributed by atoms with Gasteiger partial charge in [-0.25, -0.2) is 12.7 Å². The maximum Gasteiger partial charge on any atom is 0.242 e. The Morgan fingerprint density at radius 3 is 2.50 bits per heavy atom. The molecule has 1 aromatic carbocycles. The van der Waals surface area contributed by atoms with E-state index in [1.165, 1.54) is 10.4 Å². The van der Waals surface area contributed by atoms with Gasteiger partial charge in [-0.3, -0.25) is 0 Å². The second-order valence-corrected chi connectivity index (χ2v) is 6.30. The number of anilines is 1. The Hall–Kier alpha value is -1.07. The fraction of sp³-hybridized carbons (Fsp3) is 0.455. The molecule has 0 saturated carbocycles. The maximum atomic E-state index is 12.1. The number of benzene rings is 1. The lowest BCUT2D eigenvalue weighted by molar-refractivity contribution is 0.417. The van der Waals surface area contributed by atoms with E-state index in [0.29, 0.717) is 18.2 Å². The number of hydrogen-bond acceptors (Lipinski definition) is 3. The Labute approximate surface area is 97.1 Å². The molecule has 0 heterocycles. The molecule has 4 nitrogen and oxygen atoms in total. The zero-order valence-electron chi connectivity index (χ0n) is 9.84. The van der Waals surface area contributed by atoms with Gasteiger partial charge in [0.1, 0.15) is 0 Å². The number of nitrogens with zero attached hydrogens (tertiary/aromatic N) is 1. The second kappa shape index (κ2) is 4.84. The lowest BCUT2D eigenvalue weighted by Gasteiger charge is -2.19. The molecular formula is C11H18N2O2S. The van der Waals surface area contributed by atoms with E-state index >= 15 is 0 Å². The van der Waals surface area contributed by atoms with Gasteiger partial charge in [-0.05, 0) is 24.1 Å². The van der Waals surface area contributed by atoms with E-state index < -0.39 is 10.0 Å². The SMILES string of the molecule is CC(C)CN(C)S(=O)(=O)c1cccc(N)c1. The molecule has 1 aromatic rings. The van der Waals surface area contributed by atoms with Gasteiger partial charge < -0.3 is 5.73 Å². The number of sulfonamides is 1. The normalized spacial score (nSPS) is 12.3. The van der Waals surface area contributed by atoms with Crippen molar-refractivity contribution in [3.63, 3.8) is 0 Å². The third-order valence-corrected chi connectivity index (χ3v) is 4.01. The first kappa shape index (κ1) is 13.0. The molecule has 0 radical (unpaired) electrons. The van der Waals surface area contributed by atoms with Crippen molar-refractivity contribution < 1.29 is 8.42 Å². The van der Waals surface area contributed by atoms with Crippen LogP contribution in [0.2, 0.25) is 0 Å². The number of nitrogens with two attached hydrogens (primary N) is 1. The largest absolute Gasteiger partial charge is 0.399 e. The standard InChI is InChI=1S/C11H18N2O2S/c1-9(2)8-13(3)16(14,15)11-6-4-5-10(12)7-11/h4-7,9H,8,12H2,1-3H3. The molecule has 0 aromatic heterocycles. The number of nitrogen functional groups attached to an aromatic ring is 1. The van der Waals surface area contributed by atoms with Crippen LogP contribution in [0.25, 0.3) is 0 Å². The fourth-order valence-electron chi connectivity index (χ4n) is 1.47. The Bertz CT molecular complexity index is 455. The smallest absolute Gasteiger partial charge is 0.242 e. The fourth-order valence-corrected chi connectivity index (χ4v) is 2.86. The minimum Gasteiger partial charge on any atom is -0.399 e. The first-order valence-corrected chi connectivity index (χ1v) is 6.60. The molecule has 0 aliphatic heterocycles. The van der Waals surface area contributed by atoms with Gasteiger partial charge in [0.05, 0.1) is 4.90 Å². The summed E-state index contributed by atoms with van der Waals surface area (Å²) in [5.41, 5.74) is 6.03. The average molecular weight is 242 g/mol. The molecule has 16 heavy (non-hydrogen) atoms. The van der Waals surface area contributed by atoms with Crippen molar-refractivity contribution in [1.29, 1.82) is 0 Å². The summed E-state index contributed by atoms with van der Waals surface area (Å²) in [6.45, 7) is 4.45. The summed E-state index contributed by atoms with van der Waals surface area (Å²) in [6, 6.07) is 6.35. The van der Waals surface area contributed by atoms with E-state index in [4.69, 9.17) is 5.73 Å². The minimum absolute atomic E-state index is 0.246. The first-order chi connectivity index (χ1) is 7.34. The van der Waals surface area contributed by atoms with Crippen molar-refractivity contribution in [2.24, 2.45) is 5.92 Å². The minimum atomic E-state index is -3.40. The Balaban J connectivity index is 3.02. The van der Waals surface area contributed by atoms with E-state index in [9.17, 15) is 8.42 Å². The van der Waals surface area contributed by atoms with Crippen LogP contribution < -0.4 is 5.73 Å². The zero-order valence-corrected chi connectivity index (χ0v) is 10.7. The second-order valence-electron chi connectivity index (χ2n) is 4.25. The summed E-state index contributed by atoms with van der Waals surface area (Å²) in [5, 5.41) is 0. The first-order valence-electron chi connectivity index (χ1n) is 5.16. The molecule has 0 aliphatic rings. The van der Waals surface area contributed by atoms with E-state index in [-0.39, 0.29) is 4.90 Å². The van der Waals surface area contributed by atoms with Crippen LogP contribution in [0.1, 0.15) is 13.8 Å². The molecule has 0 saturated heterocycles. The van der Waals surface area contributed by atoms with Gasteiger partial charge in [0.25, 0.3) is 0 Å². The molecule has 2 N–H and O–H groups in total. The van der Waals surface area contributed by atoms with Gasteiger partial charge in [0.2, 0.25) is 10.0 Å². The van der Waals surface area contributed by atoms with Crippen molar-refractivity contribution in [2.75, 3.05) is 19.3 Å². The van der Waals surface area contributed by atoms with Gasteiger partial charge in [0, 0.05) is 19.3 Å². The van der Waals surface area contributed by atoms with E-state index in [1.54, 1.807) is 25.2 Å². The van der Waals surface area contributed by atoms with Crippen molar-refractivity contribution in [2.45, 2.75) is 18.7 Å². The van der Waals surface area contributed by atoms with Crippen molar-refractivity contribution in [3.8, 4) is 0 Å². The highest BCUT2D eigenvalue weighted by Gasteiger charge is 2.21. The molecule has 1 rings (SSSR count). The molecule has 0 atom stereocenters. The monoisotopic (exact) mass is 242 g/mol. The lowest BCUT2D eigenvalue weighted by Crippen LogP contribution is -2.30. The zero-order chi connectivity index (χ0) is 12.3. The van der Waals surface area contributed by atoms with Crippen molar-refractivity contribution in [3.05, 3.63) is 24.3 Å². The van der Waals surface area contributed by atoms with Crippen molar-refractivity contribution >= 4 is 15.7 Å². The average Bonchev–Trinajstić information content (AvgIpc) is 2.16. The van der Waals surface area contributed by atoms with Gasteiger partial charge in [-0.2, -0.15) is 0 Å². The molecule has 90 valence electrons. The molecule has 5 heteroatoms. The molecule has 0 fully saturated rings. The number of rotatable bonds is 4. The third kappa shape index (κ3) is 2.96. The molecule has 0 unspecified atom stereocenters. The van der Waals surface area contributed by atoms with Gasteiger partial charge in [0.15, 0.2) is 0 Å². The summed E-state index contributed by atoms with van der Waals surface area (Å²) in [4.78, 5) is 0.246. The quantitative estimate of drug-likeness (QED) is 0.815. The highest BCUT2D eigenvalue weighted by Crippen LogP contribution is 2.17. The predicted octanol–water partition coefficient (Wildman–Crippen LogP) is 1.55. The van der Waals surface area contributed by atoms with E-state index in [0.717, 1.165) is 0 Å². The summed E-state index contributed by atoms with van der Waals surface area (Å²) >= 11 is 0. The van der Waals surface area contributed by atoms with Crippen molar-refractivity contribution in [1.82, 2.24) is 4.31 Å². The van der Waals surface area contributed by atoms with Gasteiger partial charge in [-0.1, -0.05) is 19.9 Å². The van der Waals surface area contributed by atoms with Crippen LogP contribution in [0.4, 0.5) is 5.69 Å². The topological polar surface area (TPSA) is 63.4 Å². The lowest BCUT2D eigenvalue weighted by atomic mass is 10.2. The molecule has 0 spiro atoms. The van der Waals surface area contributed by atoms with Crippen LogP contribution in [-0.2, 0) is 10.0 Å². The van der Waals surface area contributed by atoms with Gasteiger partial charge >= 0.3 is 0 Å². The van der Waals surface area contributed by atoms with Crippen LogP contribution in [0.3, 0.4) is 0 Å². The Kier molecular flexibility index (Phi) is 3.93. The number of hydrogen-bond donors (Lipinski definition) is 1. The van der Waals surface area contributed by atoms with Crippen LogP contribution in [0.15, 0.2) is 29.2 Å². The maximum absolute atomic E-state index is 12.1. The Morgan fingerprint density at radius 2 is 2.00 bits per heavy atom. The highest BCUT2D eigenvalue weighted by molar-refractivity contribution is 7.89. The van der Waals surface area contributed by atoms with Crippen LogP contribution in [0.5, 0.6) is 0 Å². The van der Waals surface area contributed by atoms with Gasteiger partial charge in [-0.15, -0.1) is 0 Å². The van der Waals surface area contributed by atoms with Crippen LogP contribution in [0, 0.1) is 5.92 Å².